The van der Waals surface area contributed by atoms with E-state index in [1.807, 2.05) is 26.0 Å². The second-order valence-electron chi connectivity index (χ2n) is 8.02. The smallest absolute Gasteiger partial charge is 0.263 e. The Morgan fingerprint density at radius 1 is 1.16 bits per heavy atom. The molecular weight excluding hydrogens is 394 g/mol. The molecule has 9 heteroatoms. The van der Waals surface area contributed by atoms with E-state index >= 15 is 0 Å². The Hall–Kier alpha value is -3.33. The zero-order chi connectivity index (χ0) is 22.1. The highest BCUT2D eigenvalue weighted by atomic mass is 16.1. The molecule has 0 radical (unpaired) electrons. The van der Waals surface area contributed by atoms with Gasteiger partial charge in [0.1, 0.15) is 11.5 Å². The number of carbonyl (C=O) groups is 1. The van der Waals surface area contributed by atoms with Crippen molar-refractivity contribution < 1.29 is 4.79 Å². The van der Waals surface area contributed by atoms with Crippen molar-refractivity contribution in [1.29, 1.82) is 0 Å². The maximum absolute atomic E-state index is 13.0. The van der Waals surface area contributed by atoms with E-state index in [-0.39, 0.29) is 22.9 Å². The molecule has 1 fully saturated rings. The topological polar surface area (TPSA) is 105 Å². The number of nitrogens with one attached hydrogen (secondary N) is 2. The number of fused-ring (bicyclic) bond motifs is 1. The molecule has 3 aromatic rings. The summed E-state index contributed by atoms with van der Waals surface area (Å²) in [6.07, 6.45) is 3.41. The number of ketones is 1. The van der Waals surface area contributed by atoms with E-state index in [0.717, 1.165) is 37.7 Å². The van der Waals surface area contributed by atoms with Crippen LogP contribution in [0.4, 0.5) is 17.5 Å². The molecule has 0 spiro atoms. The molecule has 9 nitrogen and oxygen atoms in total. The summed E-state index contributed by atoms with van der Waals surface area (Å²) in [5.41, 5.74) is 1.74. The number of hydrogen-bond acceptors (Lipinski definition) is 8. The predicted octanol–water partition coefficient (Wildman–Crippen LogP) is 2.43. The number of pyridine rings is 2. The van der Waals surface area contributed by atoms with E-state index in [2.05, 4.69) is 30.5 Å². The molecule has 0 saturated carbocycles. The fraction of sp³-hybridized carbons (Fsp3) is 0.409. The van der Waals surface area contributed by atoms with Crippen LogP contribution in [0.1, 0.15) is 42.7 Å². The highest BCUT2D eigenvalue weighted by Crippen LogP contribution is 2.23. The van der Waals surface area contributed by atoms with Gasteiger partial charge in [0.25, 0.3) is 5.56 Å². The average molecular weight is 422 g/mol. The molecule has 0 aromatic carbocycles. The van der Waals surface area contributed by atoms with Crippen LogP contribution in [-0.4, -0.2) is 51.5 Å². The Bertz CT molecular complexity index is 1180. The van der Waals surface area contributed by atoms with Crippen LogP contribution in [0.2, 0.25) is 0 Å². The van der Waals surface area contributed by atoms with E-state index < -0.39 is 0 Å². The van der Waals surface area contributed by atoms with E-state index in [0.29, 0.717) is 22.5 Å². The molecule has 4 rings (SSSR count). The first-order valence-corrected chi connectivity index (χ1v) is 10.5. The summed E-state index contributed by atoms with van der Waals surface area (Å²) >= 11 is 0. The van der Waals surface area contributed by atoms with Crippen molar-refractivity contribution in [2.45, 2.75) is 33.7 Å². The third-order valence-corrected chi connectivity index (χ3v) is 5.52. The van der Waals surface area contributed by atoms with Gasteiger partial charge in [0.2, 0.25) is 5.95 Å². The quantitative estimate of drug-likeness (QED) is 0.605. The van der Waals surface area contributed by atoms with Crippen LogP contribution in [0, 0.1) is 6.92 Å². The van der Waals surface area contributed by atoms with Gasteiger partial charge in [-0.2, -0.15) is 4.98 Å². The van der Waals surface area contributed by atoms with Crippen molar-refractivity contribution in [3.8, 4) is 0 Å². The number of aromatic nitrogens is 4. The average Bonchev–Trinajstić information content (AvgIpc) is 2.74. The minimum Gasteiger partial charge on any atom is -0.354 e. The Labute approximate surface area is 180 Å². The van der Waals surface area contributed by atoms with Gasteiger partial charge in [-0.05, 0) is 45.4 Å². The largest absolute Gasteiger partial charge is 0.354 e. The molecule has 31 heavy (non-hydrogen) atoms. The van der Waals surface area contributed by atoms with Crippen LogP contribution in [0.3, 0.4) is 0 Å². The van der Waals surface area contributed by atoms with Gasteiger partial charge in [0, 0.05) is 43.8 Å². The second-order valence-corrected chi connectivity index (χ2v) is 8.02. The Morgan fingerprint density at radius 3 is 2.52 bits per heavy atom. The molecule has 0 amide bonds. The highest BCUT2D eigenvalue weighted by Gasteiger charge is 2.20. The summed E-state index contributed by atoms with van der Waals surface area (Å²) in [4.78, 5) is 40.9. The van der Waals surface area contributed by atoms with Crippen LogP contribution in [0.5, 0.6) is 0 Å². The van der Waals surface area contributed by atoms with Gasteiger partial charge >= 0.3 is 0 Å². The highest BCUT2D eigenvalue weighted by molar-refractivity contribution is 5.99. The SMILES string of the molecule is CC(=O)c1c(C)c2cnc(Nc3ccc(N4CCNCC4)nc3)nc2n(C(C)C)c1=O. The monoisotopic (exact) mass is 421 g/mol. The van der Waals surface area contributed by atoms with Crippen molar-refractivity contribution in [1.82, 2.24) is 24.8 Å². The Balaban J connectivity index is 1.69. The van der Waals surface area contributed by atoms with E-state index in [1.54, 1.807) is 23.9 Å². The molecule has 2 N–H and O–H groups in total. The van der Waals surface area contributed by atoms with Crippen LogP contribution in [0.15, 0.2) is 29.3 Å². The van der Waals surface area contributed by atoms with Gasteiger partial charge < -0.3 is 15.5 Å². The van der Waals surface area contributed by atoms with Crippen molar-refractivity contribution in [3.05, 3.63) is 46.0 Å². The number of anilines is 3. The molecular formula is C22H27N7O2. The first-order chi connectivity index (χ1) is 14.9. The lowest BCUT2D eigenvalue weighted by Gasteiger charge is -2.28. The fourth-order valence-electron chi connectivity index (χ4n) is 3.96. The number of aryl methyl sites for hydroxylation is 1. The van der Waals surface area contributed by atoms with Gasteiger partial charge in [-0.25, -0.2) is 9.97 Å². The first-order valence-electron chi connectivity index (χ1n) is 10.5. The summed E-state index contributed by atoms with van der Waals surface area (Å²) in [6, 6.07) is 3.76. The molecule has 0 bridgehead atoms. The van der Waals surface area contributed by atoms with Gasteiger partial charge in [-0.1, -0.05) is 0 Å². The predicted molar refractivity (Wildman–Crippen MR) is 122 cm³/mol. The summed E-state index contributed by atoms with van der Waals surface area (Å²) in [5.74, 6) is 1.05. The lowest BCUT2D eigenvalue weighted by atomic mass is 10.0. The zero-order valence-electron chi connectivity index (χ0n) is 18.3. The lowest BCUT2D eigenvalue weighted by Crippen LogP contribution is -2.43. The summed E-state index contributed by atoms with van der Waals surface area (Å²) < 4.78 is 1.55. The van der Waals surface area contributed by atoms with Crippen LogP contribution in [-0.2, 0) is 0 Å². The summed E-state index contributed by atoms with van der Waals surface area (Å²) in [5, 5.41) is 7.19. The maximum atomic E-state index is 13.0. The first kappa shape index (κ1) is 20.9. The summed E-state index contributed by atoms with van der Waals surface area (Å²) in [7, 11) is 0. The van der Waals surface area contributed by atoms with Gasteiger partial charge in [0.05, 0.1) is 17.4 Å². The van der Waals surface area contributed by atoms with Gasteiger partial charge in [0.15, 0.2) is 5.78 Å². The molecule has 162 valence electrons. The normalized spacial score (nSPS) is 14.3. The number of rotatable bonds is 5. The number of nitrogens with zero attached hydrogens (tertiary/aromatic N) is 5. The van der Waals surface area contributed by atoms with Crippen molar-refractivity contribution in [2.75, 3.05) is 36.4 Å². The number of Topliss-reactive ketones (excluding diaryl/α,β-unsaturated/α-hetero) is 1. The van der Waals surface area contributed by atoms with Gasteiger partial charge in [-0.15, -0.1) is 0 Å². The van der Waals surface area contributed by atoms with E-state index in [9.17, 15) is 9.59 Å². The van der Waals surface area contributed by atoms with Crippen molar-refractivity contribution in [2.24, 2.45) is 0 Å². The number of hydrogen-bond donors (Lipinski definition) is 2. The second kappa shape index (κ2) is 8.43. The molecule has 3 aromatic heterocycles. The van der Waals surface area contributed by atoms with E-state index in [1.165, 1.54) is 6.92 Å². The van der Waals surface area contributed by atoms with Crippen molar-refractivity contribution >= 4 is 34.3 Å². The molecule has 1 aliphatic rings. The molecule has 1 aliphatic heterocycles. The molecule has 0 atom stereocenters. The third-order valence-electron chi connectivity index (χ3n) is 5.52. The molecule has 4 heterocycles. The lowest BCUT2D eigenvalue weighted by molar-refractivity contribution is 0.101. The minimum absolute atomic E-state index is 0.156. The standard InChI is InChI=1S/C22H27N7O2/c1-13(2)29-20-17(14(3)19(15(4)30)21(29)31)12-25-22(27-20)26-16-5-6-18(24-11-16)28-9-7-23-8-10-28/h5-6,11-13,23H,7-10H2,1-4H3,(H,25,26,27). The minimum atomic E-state index is -0.320. The number of piperazine rings is 1. The van der Waals surface area contributed by atoms with Crippen LogP contribution in [0.25, 0.3) is 11.0 Å². The maximum Gasteiger partial charge on any atom is 0.263 e. The molecule has 1 saturated heterocycles. The Morgan fingerprint density at radius 2 is 1.90 bits per heavy atom. The molecule has 0 unspecified atom stereocenters. The molecule has 0 aliphatic carbocycles. The summed E-state index contributed by atoms with van der Waals surface area (Å²) in [6.45, 7) is 10.7. The van der Waals surface area contributed by atoms with Crippen molar-refractivity contribution in [3.63, 3.8) is 0 Å². The number of carbonyl (C=O) groups excluding carboxylic acids is 1. The zero-order valence-corrected chi connectivity index (χ0v) is 18.3. The van der Waals surface area contributed by atoms with E-state index in [4.69, 9.17) is 0 Å². The van der Waals surface area contributed by atoms with Gasteiger partial charge in [-0.3, -0.25) is 14.2 Å². The third kappa shape index (κ3) is 4.00. The Kier molecular flexibility index (Phi) is 5.69. The van der Waals surface area contributed by atoms with Crippen LogP contribution >= 0.6 is 0 Å². The van der Waals surface area contributed by atoms with Crippen LogP contribution < -0.4 is 21.1 Å². The fourth-order valence-corrected chi connectivity index (χ4v) is 3.96.